The van der Waals surface area contributed by atoms with Gasteiger partial charge in [-0.1, -0.05) is 0 Å². The van der Waals surface area contributed by atoms with Crippen LogP contribution in [0.25, 0.3) is 0 Å². The number of carboxylic acid groups (broad SMARTS) is 2. The summed E-state index contributed by atoms with van der Waals surface area (Å²) in [5, 5.41) is 20.7. The molecule has 0 fully saturated rings. The fraction of sp³-hybridized carbons (Fsp3) is 0.643. The SMILES string of the molecule is CCN(CC)C(=O)S(=O)CC(NC(=O)CC(N)C(=O)O)C(=O)NCC(=O)O. The van der Waals surface area contributed by atoms with E-state index in [0.29, 0.717) is 0 Å². The molecule has 0 radical (unpaired) electrons. The molecule has 0 saturated carbocycles. The van der Waals surface area contributed by atoms with Gasteiger partial charge < -0.3 is 31.5 Å². The average Bonchev–Trinajstić information content (AvgIpc) is 2.59. The third-order valence-corrected chi connectivity index (χ3v) is 4.61. The van der Waals surface area contributed by atoms with E-state index in [-0.39, 0.29) is 13.1 Å². The van der Waals surface area contributed by atoms with Crippen LogP contribution in [0, 0.1) is 0 Å². The van der Waals surface area contributed by atoms with Gasteiger partial charge in [-0.3, -0.25) is 24.0 Å². The highest BCUT2D eigenvalue weighted by atomic mass is 32.2. The van der Waals surface area contributed by atoms with E-state index in [1.807, 2.05) is 5.32 Å². The Morgan fingerprint density at radius 3 is 2.11 bits per heavy atom. The summed E-state index contributed by atoms with van der Waals surface area (Å²) in [6.45, 7) is 3.17. The summed E-state index contributed by atoms with van der Waals surface area (Å²) in [6.07, 6.45) is -0.658. The zero-order chi connectivity index (χ0) is 21.1. The van der Waals surface area contributed by atoms with Crippen LogP contribution < -0.4 is 16.4 Å². The van der Waals surface area contributed by atoms with E-state index in [9.17, 15) is 28.2 Å². The first kappa shape index (κ1) is 24.5. The van der Waals surface area contributed by atoms with Crippen molar-refractivity contribution in [2.45, 2.75) is 32.4 Å². The van der Waals surface area contributed by atoms with Crippen LogP contribution in [0.2, 0.25) is 0 Å². The fourth-order valence-electron chi connectivity index (χ4n) is 1.86. The van der Waals surface area contributed by atoms with Crippen LogP contribution in [0.4, 0.5) is 4.79 Å². The van der Waals surface area contributed by atoms with Crippen molar-refractivity contribution in [3.05, 3.63) is 0 Å². The van der Waals surface area contributed by atoms with Crippen LogP contribution in [0.3, 0.4) is 0 Å². The van der Waals surface area contributed by atoms with Crippen LogP contribution in [0.15, 0.2) is 0 Å². The highest BCUT2D eigenvalue weighted by Crippen LogP contribution is 2.01. The van der Waals surface area contributed by atoms with Gasteiger partial charge in [-0.2, -0.15) is 0 Å². The zero-order valence-electron chi connectivity index (χ0n) is 15.0. The molecule has 3 amide bonds. The summed E-state index contributed by atoms with van der Waals surface area (Å²) in [5.41, 5.74) is 5.23. The summed E-state index contributed by atoms with van der Waals surface area (Å²) in [4.78, 5) is 58.5. The summed E-state index contributed by atoms with van der Waals surface area (Å²) >= 11 is 0. The van der Waals surface area contributed by atoms with E-state index in [1.54, 1.807) is 13.8 Å². The van der Waals surface area contributed by atoms with Gasteiger partial charge in [0.05, 0.1) is 12.2 Å². The maximum absolute atomic E-state index is 12.2. The number of nitrogens with one attached hydrogen (secondary N) is 2. The van der Waals surface area contributed by atoms with Crippen LogP contribution in [0.5, 0.6) is 0 Å². The Hall–Kier alpha value is -2.54. The lowest BCUT2D eigenvalue weighted by atomic mass is 10.2. The van der Waals surface area contributed by atoms with Gasteiger partial charge in [-0.25, -0.2) is 4.21 Å². The molecule has 0 aromatic carbocycles. The van der Waals surface area contributed by atoms with Crippen molar-refractivity contribution in [2.24, 2.45) is 5.73 Å². The molecular weight excluding hydrogens is 384 g/mol. The predicted molar refractivity (Wildman–Crippen MR) is 94.1 cm³/mol. The number of carbonyl (C=O) groups excluding carboxylic acids is 3. The molecule has 0 aliphatic rings. The molecule has 3 atom stereocenters. The van der Waals surface area contributed by atoms with Gasteiger partial charge in [0, 0.05) is 13.1 Å². The summed E-state index contributed by atoms with van der Waals surface area (Å²) in [5.74, 6) is -5.28. The first-order valence-electron chi connectivity index (χ1n) is 7.97. The van der Waals surface area contributed by atoms with Crippen molar-refractivity contribution in [1.29, 1.82) is 0 Å². The maximum atomic E-state index is 12.2. The Morgan fingerprint density at radius 2 is 1.67 bits per heavy atom. The minimum atomic E-state index is -2.18. The molecule has 0 heterocycles. The van der Waals surface area contributed by atoms with Crippen molar-refractivity contribution in [3.63, 3.8) is 0 Å². The molecule has 0 aliphatic carbocycles. The normalized spacial score (nSPS) is 13.7. The van der Waals surface area contributed by atoms with E-state index in [4.69, 9.17) is 15.9 Å². The minimum absolute atomic E-state index is 0.288. The number of hydrogen-bond acceptors (Lipinski definition) is 7. The standard InChI is InChI=1S/C14H24N4O8S/c1-3-18(4-2)14(25)27(26)7-9(12(22)16-6-11(20)21)17-10(19)5-8(15)13(23)24/h8-9H,3-7,15H2,1-2H3,(H,16,22)(H,17,19)(H,20,21)(H,23,24). The third-order valence-electron chi connectivity index (χ3n) is 3.32. The minimum Gasteiger partial charge on any atom is -0.480 e. The van der Waals surface area contributed by atoms with Crippen molar-refractivity contribution in [2.75, 3.05) is 25.4 Å². The topological polar surface area (TPSA) is 196 Å². The number of nitrogens with zero attached hydrogens (tertiary/aromatic N) is 1. The number of hydrogen-bond donors (Lipinski definition) is 5. The van der Waals surface area contributed by atoms with Gasteiger partial charge in [0.1, 0.15) is 29.4 Å². The Morgan fingerprint density at radius 1 is 1.11 bits per heavy atom. The van der Waals surface area contributed by atoms with Gasteiger partial charge in [0.15, 0.2) is 0 Å². The molecule has 0 aromatic rings. The van der Waals surface area contributed by atoms with Crippen LogP contribution in [0.1, 0.15) is 20.3 Å². The van der Waals surface area contributed by atoms with Crippen molar-refractivity contribution >= 4 is 39.8 Å². The van der Waals surface area contributed by atoms with Crippen LogP contribution in [-0.2, 0) is 30.0 Å². The second kappa shape index (κ2) is 12.0. The monoisotopic (exact) mass is 408 g/mol. The first-order valence-corrected chi connectivity index (χ1v) is 9.29. The molecule has 0 saturated heterocycles. The highest BCUT2D eigenvalue weighted by Gasteiger charge is 2.29. The van der Waals surface area contributed by atoms with E-state index in [1.165, 1.54) is 4.90 Å². The molecule has 0 aliphatic heterocycles. The predicted octanol–water partition coefficient (Wildman–Crippen LogP) is -2.32. The number of amides is 3. The molecule has 13 heteroatoms. The molecule has 0 rings (SSSR count). The Balaban J connectivity index is 5.17. The zero-order valence-corrected chi connectivity index (χ0v) is 15.8. The quantitative estimate of drug-likeness (QED) is 0.249. The Labute approximate surface area is 157 Å². The summed E-state index contributed by atoms with van der Waals surface area (Å²) in [7, 11) is -2.18. The van der Waals surface area contributed by atoms with E-state index in [0.717, 1.165) is 0 Å². The van der Waals surface area contributed by atoms with Gasteiger partial charge >= 0.3 is 17.2 Å². The van der Waals surface area contributed by atoms with Gasteiger partial charge in [-0.05, 0) is 13.8 Å². The Kier molecular flexibility index (Phi) is 10.8. The number of carbonyl (C=O) groups is 5. The van der Waals surface area contributed by atoms with Gasteiger partial charge in [0.25, 0.3) is 0 Å². The largest absolute Gasteiger partial charge is 0.480 e. The Bertz CT molecular complexity index is 608. The van der Waals surface area contributed by atoms with Crippen LogP contribution in [-0.4, -0.2) is 85.8 Å². The highest BCUT2D eigenvalue weighted by molar-refractivity contribution is 8.00. The number of aliphatic carboxylic acids is 2. The lowest BCUT2D eigenvalue weighted by Gasteiger charge is -2.21. The van der Waals surface area contributed by atoms with Crippen molar-refractivity contribution < 1.29 is 38.4 Å². The van der Waals surface area contributed by atoms with Crippen LogP contribution >= 0.6 is 0 Å². The molecule has 0 spiro atoms. The molecular formula is C14H24N4O8S. The molecule has 3 unspecified atom stereocenters. The number of carboxylic acids is 2. The second-order valence-corrected chi connectivity index (χ2v) is 6.70. The second-order valence-electron chi connectivity index (χ2n) is 5.33. The van der Waals surface area contributed by atoms with Gasteiger partial charge in [0.2, 0.25) is 11.8 Å². The lowest BCUT2D eigenvalue weighted by molar-refractivity contribution is -0.141. The molecule has 27 heavy (non-hydrogen) atoms. The first-order chi connectivity index (χ1) is 12.5. The lowest BCUT2D eigenvalue weighted by Crippen LogP contribution is -2.52. The maximum Gasteiger partial charge on any atom is 0.322 e. The molecule has 6 N–H and O–H groups in total. The third kappa shape index (κ3) is 9.10. The number of nitrogens with two attached hydrogens (primary N) is 1. The summed E-state index contributed by atoms with van der Waals surface area (Å²) < 4.78 is 12.2. The van der Waals surface area contributed by atoms with Crippen molar-refractivity contribution in [3.8, 4) is 0 Å². The fourth-order valence-corrected chi connectivity index (χ4v) is 3.08. The summed E-state index contributed by atoms with van der Waals surface area (Å²) in [6, 6.07) is -3.02. The molecule has 0 bridgehead atoms. The molecule has 12 nitrogen and oxygen atoms in total. The average molecular weight is 408 g/mol. The number of rotatable bonds is 11. The molecule has 154 valence electrons. The van der Waals surface area contributed by atoms with Crippen molar-refractivity contribution in [1.82, 2.24) is 15.5 Å². The van der Waals surface area contributed by atoms with E-state index in [2.05, 4.69) is 5.32 Å². The smallest absolute Gasteiger partial charge is 0.322 e. The van der Waals surface area contributed by atoms with E-state index < -0.39 is 70.6 Å². The van der Waals surface area contributed by atoms with Gasteiger partial charge in [-0.15, -0.1) is 0 Å². The van der Waals surface area contributed by atoms with E-state index >= 15 is 0 Å². The molecule has 0 aromatic heterocycles.